The lowest BCUT2D eigenvalue weighted by molar-refractivity contribution is -0.140. The Morgan fingerprint density at radius 2 is 2.15 bits per heavy atom. The van der Waals surface area contributed by atoms with Gasteiger partial charge in [-0.05, 0) is 17.5 Å². The number of rotatable bonds is 5. The van der Waals surface area contributed by atoms with E-state index in [1.54, 1.807) is 0 Å². The van der Waals surface area contributed by atoms with Gasteiger partial charge in [0.25, 0.3) is 0 Å². The molecule has 0 fully saturated rings. The van der Waals surface area contributed by atoms with E-state index in [4.69, 9.17) is 0 Å². The van der Waals surface area contributed by atoms with Crippen LogP contribution in [0.5, 0.6) is 0 Å². The van der Waals surface area contributed by atoms with Crippen molar-refractivity contribution in [2.24, 2.45) is 0 Å². The number of carboxylic acid groups (broad SMARTS) is 1. The Hall–Kier alpha value is -1.88. The molecule has 1 aliphatic rings. The number of carbonyl (C=O) groups excluding carboxylic acids is 1. The van der Waals surface area contributed by atoms with Crippen molar-refractivity contribution in [3.63, 3.8) is 0 Å². The standard InChI is InChI=1S/C15H20N2O3/c1-2-7-16-14(18)10-17-8-11-5-3-4-6-12(11)13(9-17)15(19)20/h3-6,13H,2,7-10H2,1H3,(H,16,18)(H,19,20). The maximum absolute atomic E-state index is 11.8. The third-order valence-corrected chi connectivity index (χ3v) is 3.50. The van der Waals surface area contributed by atoms with E-state index in [2.05, 4.69) is 5.32 Å². The second-order valence-corrected chi connectivity index (χ2v) is 5.11. The zero-order valence-corrected chi connectivity index (χ0v) is 11.6. The average Bonchev–Trinajstić information content (AvgIpc) is 2.44. The minimum Gasteiger partial charge on any atom is -0.481 e. The van der Waals surface area contributed by atoms with Gasteiger partial charge >= 0.3 is 5.97 Å². The van der Waals surface area contributed by atoms with Gasteiger partial charge in [0.15, 0.2) is 0 Å². The zero-order valence-electron chi connectivity index (χ0n) is 11.6. The van der Waals surface area contributed by atoms with E-state index in [-0.39, 0.29) is 12.5 Å². The molecule has 0 aliphatic carbocycles. The van der Waals surface area contributed by atoms with Crippen molar-refractivity contribution in [3.05, 3.63) is 35.4 Å². The first-order valence-electron chi connectivity index (χ1n) is 6.91. The van der Waals surface area contributed by atoms with Crippen LogP contribution in [-0.4, -0.2) is 41.5 Å². The highest BCUT2D eigenvalue weighted by Gasteiger charge is 2.30. The van der Waals surface area contributed by atoms with Crippen molar-refractivity contribution in [2.45, 2.75) is 25.8 Å². The predicted octanol–water partition coefficient (Wildman–Crippen LogP) is 1.20. The van der Waals surface area contributed by atoms with Gasteiger partial charge in [0.05, 0.1) is 12.5 Å². The Morgan fingerprint density at radius 3 is 2.85 bits per heavy atom. The highest BCUT2D eigenvalue weighted by molar-refractivity contribution is 5.79. The first-order chi connectivity index (χ1) is 9.61. The minimum atomic E-state index is -0.837. The Morgan fingerprint density at radius 1 is 1.40 bits per heavy atom. The van der Waals surface area contributed by atoms with E-state index in [1.165, 1.54) is 0 Å². The number of hydrogen-bond donors (Lipinski definition) is 2. The minimum absolute atomic E-state index is 0.0460. The van der Waals surface area contributed by atoms with Crippen LogP contribution in [0.25, 0.3) is 0 Å². The van der Waals surface area contributed by atoms with Crippen molar-refractivity contribution in [2.75, 3.05) is 19.6 Å². The fourth-order valence-corrected chi connectivity index (χ4v) is 2.54. The number of nitrogens with one attached hydrogen (secondary N) is 1. The Kier molecular flexibility index (Phi) is 4.74. The maximum Gasteiger partial charge on any atom is 0.312 e. The van der Waals surface area contributed by atoms with Gasteiger partial charge < -0.3 is 10.4 Å². The molecule has 0 saturated heterocycles. The van der Waals surface area contributed by atoms with Crippen LogP contribution in [0.4, 0.5) is 0 Å². The van der Waals surface area contributed by atoms with E-state index < -0.39 is 11.9 Å². The van der Waals surface area contributed by atoms with Crippen LogP contribution in [0.1, 0.15) is 30.4 Å². The number of fused-ring (bicyclic) bond motifs is 1. The third-order valence-electron chi connectivity index (χ3n) is 3.50. The molecule has 0 spiro atoms. The lowest BCUT2D eigenvalue weighted by Crippen LogP contribution is -2.43. The molecule has 1 atom stereocenters. The summed E-state index contributed by atoms with van der Waals surface area (Å²) in [7, 11) is 0. The van der Waals surface area contributed by atoms with Gasteiger partial charge in [-0.1, -0.05) is 31.2 Å². The molecule has 1 aromatic carbocycles. The summed E-state index contributed by atoms with van der Waals surface area (Å²) >= 11 is 0. The molecule has 0 radical (unpaired) electrons. The fraction of sp³-hybridized carbons (Fsp3) is 0.467. The molecule has 5 nitrogen and oxygen atoms in total. The van der Waals surface area contributed by atoms with Crippen LogP contribution in [0.3, 0.4) is 0 Å². The number of hydrogen-bond acceptors (Lipinski definition) is 3. The van der Waals surface area contributed by atoms with Crippen LogP contribution in [0.15, 0.2) is 24.3 Å². The van der Waals surface area contributed by atoms with Gasteiger partial charge in [0.2, 0.25) is 5.91 Å². The molecule has 1 aromatic rings. The first-order valence-corrected chi connectivity index (χ1v) is 6.91. The molecule has 0 bridgehead atoms. The summed E-state index contributed by atoms with van der Waals surface area (Å²) in [5.74, 6) is -1.44. The van der Waals surface area contributed by atoms with Gasteiger partial charge in [-0.25, -0.2) is 0 Å². The SMILES string of the molecule is CCCNC(=O)CN1Cc2ccccc2C(C(=O)O)C1. The lowest BCUT2D eigenvalue weighted by Gasteiger charge is -2.32. The van der Waals surface area contributed by atoms with E-state index in [9.17, 15) is 14.7 Å². The average molecular weight is 276 g/mol. The van der Waals surface area contributed by atoms with Gasteiger partial charge in [0.1, 0.15) is 0 Å². The number of benzene rings is 1. The highest BCUT2D eigenvalue weighted by atomic mass is 16.4. The molecule has 1 aliphatic heterocycles. The molecular formula is C15H20N2O3. The van der Waals surface area contributed by atoms with E-state index >= 15 is 0 Å². The van der Waals surface area contributed by atoms with E-state index in [0.717, 1.165) is 17.5 Å². The monoisotopic (exact) mass is 276 g/mol. The summed E-state index contributed by atoms with van der Waals surface area (Å²) in [5, 5.41) is 12.2. The molecular weight excluding hydrogens is 256 g/mol. The summed E-state index contributed by atoms with van der Waals surface area (Å²) in [5.41, 5.74) is 1.86. The van der Waals surface area contributed by atoms with Crippen molar-refractivity contribution in [1.29, 1.82) is 0 Å². The van der Waals surface area contributed by atoms with Crippen LogP contribution < -0.4 is 5.32 Å². The quantitative estimate of drug-likeness (QED) is 0.847. The van der Waals surface area contributed by atoms with Gasteiger partial charge in [0, 0.05) is 19.6 Å². The first kappa shape index (κ1) is 14.5. The number of carboxylic acids is 1. The molecule has 108 valence electrons. The molecule has 20 heavy (non-hydrogen) atoms. The topological polar surface area (TPSA) is 69.6 Å². The molecule has 1 heterocycles. The van der Waals surface area contributed by atoms with Crippen molar-refractivity contribution in [3.8, 4) is 0 Å². The molecule has 1 amide bonds. The molecule has 1 unspecified atom stereocenters. The molecule has 2 rings (SSSR count). The van der Waals surface area contributed by atoms with E-state index in [1.807, 2.05) is 36.1 Å². The summed E-state index contributed by atoms with van der Waals surface area (Å²) < 4.78 is 0. The second kappa shape index (κ2) is 6.52. The van der Waals surface area contributed by atoms with E-state index in [0.29, 0.717) is 19.6 Å². The fourth-order valence-electron chi connectivity index (χ4n) is 2.54. The third kappa shape index (κ3) is 3.36. The summed E-state index contributed by atoms with van der Waals surface area (Å²) in [4.78, 5) is 25.0. The summed E-state index contributed by atoms with van der Waals surface area (Å²) in [6.45, 7) is 3.91. The van der Waals surface area contributed by atoms with Crippen LogP contribution in [0, 0.1) is 0 Å². The van der Waals surface area contributed by atoms with Gasteiger partial charge in [-0.2, -0.15) is 0 Å². The smallest absolute Gasteiger partial charge is 0.312 e. The number of aliphatic carboxylic acids is 1. The Bertz CT molecular complexity index is 502. The van der Waals surface area contributed by atoms with Gasteiger partial charge in [-0.3, -0.25) is 14.5 Å². The van der Waals surface area contributed by atoms with Crippen molar-refractivity contribution in [1.82, 2.24) is 10.2 Å². The summed E-state index contributed by atoms with van der Waals surface area (Å²) in [6, 6.07) is 7.56. The predicted molar refractivity (Wildman–Crippen MR) is 75.4 cm³/mol. The van der Waals surface area contributed by atoms with Crippen molar-refractivity contribution < 1.29 is 14.7 Å². The van der Waals surface area contributed by atoms with Crippen LogP contribution in [-0.2, 0) is 16.1 Å². The van der Waals surface area contributed by atoms with Crippen LogP contribution in [0.2, 0.25) is 0 Å². The number of carbonyl (C=O) groups is 2. The Labute approximate surface area is 118 Å². The lowest BCUT2D eigenvalue weighted by atomic mass is 9.90. The number of amides is 1. The highest BCUT2D eigenvalue weighted by Crippen LogP contribution is 2.28. The molecule has 0 saturated carbocycles. The zero-order chi connectivity index (χ0) is 14.5. The molecule has 0 aromatic heterocycles. The number of nitrogens with zero attached hydrogens (tertiary/aromatic N) is 1. The van der Waals surface area contributed by atoms with Crippen molar-refractivity contribution >= 4 is 11.9 Å². The Balaban J connectivity index is 2.08. The summed E-state index contributed by atoms with van der Waals surface area (Å²) in [6.07, 6.45) is 0.895. The normalized spacial score (nSPS) is 18.4. The molecule has 5 heteroatoms. The second-order valence-electron chi connectivity index (χ2n) is 5.11. The maximum atomic E-state index is 11.8. The molecule has 2 N–H and O–H groups in total. The largest absolute Gasteiger partial charge is 0.481 e. The van der Waals surface area contributed by atoms with Gasteiger partial charge in [-0.15, -0.1) is 0 Å². The van der Waals surface area contributed by atoms with Crippen LogP contribution >= 0.6 is 0 Å².